The van der Waals surface area contributed by atoms with Gasteiger partial charge in [0.05, 0.1) is 5.52 Å². The summed E-state index contributed by atoms with van der Waals surface area (Å²) in [5.74, 6) is -0.395. The number of imidazole rings is 1. The van der Waals surface area contributed by atoms with Gasteiger partial charge in [-0.3, -0.25) is 9.78 Å². The molecule has 0 fully saturated rings. The van der Waals surface area contributed by atoms with Crippen molar-refractivity contribution >= 4 is 22.8 Å². The van der Waals surface area contributed by atoms with Crippen LogP contribution in [0.3, 0.4) is 0 Å². The van der Waals surface area contributed by atoms with E-state index >= 15 is 0 Å². The van der Waals surface area contributed by atoms with Crippen molar-refractivity contribution < 1.29 is 9.18 Å². The molecule has 0 amide bonds. The second-order valence-electron chi connectivity index (χ2n) is 6.97. The maximum Gasteiger partial charge on any atom is 0.173 e. The van der Waals surface area contributed by atoms with Crippen LogP contribution in [0.4, 0.5) is 4.39 Å². The monoisotopic (exact) mass is 381 g/mol. The number of hydrogen-bond acceptors (Lipinski definition) is 3. The van der Waals surface area contributed by atoms with Crippen LogP contribution in [-0.4, -0.2) is 20.7 Å². The van der Waals surface area contributed by atoms with Crippen LogP contribution in [-0.2, 0) is 6.42 Å². The number of nitrogens with zero attached hydrogens (tertiary/aromatic N) is 3. The predicted octanol–water partition coefficient (Wildman–Crippen LogP) is 5.09. The number of aromatic nitrogens is 3. The maximum absolute atomic E-state index is 14.7. The Morgan fingerprint density at radius 2 is 1.90 bits per heavy atom. The molecule has 5 aromatic rings. The van der Waals surface area contributed by atoms with Gasteiger partial charge < -0.3 is 4.40 Å². The first-order chi connectivity index (χ1) is 14.2. The Morgan fingerprint density at radius 3 is 2.79 bits per heavy atom. The van der Waals surface area contributed by atoms with E-state index in [1.807, 2.05) is 36.5 Å². The molecule has 5 rings (SSSR count). The molecule has 0 aliphatic carbocycles. The molecular formula is C24H16FN3O. The summed E-state index contributed by atoms with van der Waals surface area (Å²) in [4.78, 5) is 19.7. The number of halogens is 1. The molecule has 5 heteroatoms. The van der Waals surface area contributed by atoms with Crippen LogP contribution in [0.25, 0.3) is 27.7 Å². The second-order valence-corrected chi connectivity index (χ2v) is 6.97. The van der Waals surface area contributed by atoms with Gasteiger partial charge in [0.1, 0.15) is 6.29 Å². The molecule has 0 atom stereocenters. The van der Waals surface area contributed by atoms with E-state index in [1.54, 1.807) is 35.0 Å². The average molecular weight is 381 g/mol. The smallest absolute Gasteiger partial charge is 0.173 e. The summed E-state index contributed by atoms with van der Waals surface area (Å²) in [5, 5.41) is 1.07. The van der Waals surface area contributed by atoms with Gasteiger partial charge in [0.2, 0.25) is 0 Å². The van der Waals surface area contributed by atoms with Crippen LogP contribution >= 0.6 is 0 Å². The quantitative estimate of drug-likeness (QED) is 0.407. The van der Waals surface area contributed by atoms with E-state index in [4.69, 9.17) is 0 Å². The van der Waals surface area contributed by atoms with Crippen LogP contribution in [0.15, 0.2) is 79.3 Å². The largest absolute Gasteiger partial charge is 0.301 e. The Hall–Kier alpha value is -3.86. The first-order valence-electron chi connectivity index (χ1n) is 9.26. The van der Waals surface area contributed by atoms with E-state index in [9.17, 15) is 9.18 Å². The molecule has 0 unspecified atom stereocenters. The standard InChI is InChI=1S/C24H16FN3O/c25-22-12-20(18-4-1-3-17(10-18)15-29)14-28-21(13-27-24(22)28)11-16-6-7-23-19(9-16)5-2-8-26-23/h1-10,12-15H,11H2. The number of benzene rings is 2. The third kappa shape index (κ3) is 3.17. The van der Waals surface area contributed by atoms with Crippen molar-refractivity contribution in [3.8, 4) is 11.1 Å². The summed E-state index contributed by atoms with van der Waals surface area (Å²) in [6, 6.07) is 18.6. The normalized spacial score (nSPS) is 11.2. The molecule has 3 heterocycles. The number of rotatable bonds is 4. The number of pyridine rings is 2. The van der Waals surface area contributed by atoms with Crippen molar-refractivity contribution in [1.82, 2.24) is 14.4 Å². The summed E-state index contributed by atoms with van der Waals surface area (Å²) in [5.41, 5.74) is 5.25. The highest BCUT2D eigenvalue weighted by molar-refractivity contribution is 5.80. The van der Waals surface area contributed by atoms with Crippen molar-refractivity contribution in [1.29, 1.82) is 0 Å². The predicted molar refractivity (Wildman–Crippen MR) is 111 cm³/mol. The first kappa shape index (κ1) is 17.3. The molecule has 29 heavy (non-hydrogen) atoms. The van der Waals surface area contributed by atoms with Gasteiger partial charge in [-0.2, -0.15) is 0 Å². The summed E-state index contributed by atoms with van der Waals surface area (Å²) < 4.78 is 16.5. The number of carbonyl (C=O) groups excluding carboxylic acids is 1. The Bertz CT molecular complexity index is 1370. The molecule has 0 aliphatic heterocycles. The fourth-order valence-corrected chi connectivity index (χ4v) is 3.62. The summed E-state index contributed by atoms with van der Waals surface area (Å²) >= 11 is 0. The number of hydrogen-bond donors (Lipinski definition) is 0. The molecule has 0 bridgehead atoms. The highest BCUT2D eigenvalue weighted by Gasteiger charge is 2.12. The lowest BCUT2D eigenvalue weighted by Crippen LogP contribution is -1.98. The van der Waals surface area contributed by atoms with Gasteiger partial charge in [0.25, 0.3) is 0 Å². The first-order valence-corrected chi connectivity index (χ1v) is 9.26. The third-order valence-corrected chi connectivity index (χ3v) is 5.05. The second kappa shape index (κ2) is 6.95. The van der Waals surface area contributed by atoms with Crippen LogP contribution in [0.2, 0.25) is 0 Å². The zero-order valence-corrected chi connectivity index (χ0v) is 15.4. The molecule has 0 radical (unpaired) electrons. The third-order valence-electron chi connectivity index (χ3n) is 5.05. The van der Waals surface area contributed by atoms with Crippen LogP contribution in [0.5, 0.6) is 0 Å². The SMILES string of the molecule is O=Cc1cccc(-c2cc(F)c3ncc(Cc4ccc5ncccc5c4)n3c2)c1. The zero-order valence-electron chi connectivity index (χ0n) is 15.4. The number of fused-ring (bicyclic) bond motifs is 2. The fourth-order valence-electron chi connectivity index (χ4n) is 3.62. The van der Waals surface area contributed by atoms with E-state index < -0.39 is 5.82 Å². The van der Waals surface area contributed by atoms with Crippen LogP contribution in [0.1, 0.15) is 21.6 Å². The topological polar surface area (TPSA) is 47.3 Å². The van der Waals surface area contributed by atoms with Gasteiger partial charge in [0, 0.05) is 47.2 Å². The molecule has 2 aromatic carbocycles. The van der Waals surface area contributed by atoms with Gasteiger partial charge in [-0.05, 0) is 41.5 Å². The zero-order chi connectivity index (χ0) is 19.8. The van der Waals surface area contributed by atoms with Gasteiger partial charge in [0.15, 0.2) is 11.5 Å². The summed E-state index contributed by atoms with van der Waals surface area (Å²) in [6.45, 7) is 0. The molecule has 0 aliphatic rings. The van der Waals surface area contributed by atoms with Crippen LogP contribution in [0, 0.1) is 5.82 Å². The molecule has 0 saturated carbocycles. The van der Waals surface area contributed by atoms with Gasteiger partial charge >= 0.3 is 0 Å². The minimum absolute atomic E-state index is 0.290. The van der Waals surface area contributed by atoms with E-state index in [-0.39, 0.29) is 5.65 Å². The lowest BCUT2D eigenvalue weighted by molar-refractivity contribution is 0.112. The van der Waals surface area contributed by atoms with Gasteiger partial charge in [-0.1, -0.05) is 30.3 Å². The fraction of sp³-hybridized carbons (Fsp3) is 0.0417. The van der Waals surface area contributed by atoms with Gasteiger partial charge in [-0.15, -0.1) is 0 Å². The highest BCUT2D eigenvalue weighted by atomic mass is 19.1. The molecule has 0 spiro atoms. The molecule has 3 aromatic heterocycles. The molecule has 140 valence electrons. The van der Waals surface area contributed by atoms with E-state index in [0.29, 0.717) is 17.5 Å². The number of carbonyl (C=O) groups is 1. The molecule has 0 N–H and O–H groups in total. The Kier molecular flexibility index (Phi) is 4.13. The van der Waals surface area contributed by atoms with Crippen molar-refractivity contribution in [2.75, 3.05) is 0 Å². The average Bonchev–Trinajstić information content (AvgIpc) is 3.17. The maximum atomic E-state index is 14.7. The lowest BCUT2D eigenvalue weighted by Gasteiger charge is -2.08. The van der Waals surface area contributed by atoms with E-state index in [2.05, 4.69) is 16.0 Å². The lowest BCUT2D eigenvalue weighted by atomic mass is 10.0. The van der Waals surface area contributed by atoms with Crippen molar-refractivity contribution in [2.45, 2.75) is 6.42 Å². The molecule has 0 saturated heterocycles. The van der Waals surface area contributed by atoms with Gasteiger partial charge in [-0.25, -0.2) is 9.37 Å². The van der Waals surface area contributed by atoms with Crippen molar-refractivity contribution in [3.63, 3.8) is 0 Å². The van der Waals surface area contributed by atoms with Crippen molar-refractivity contribution in [2.24, 2.45) is 0 Å². The Labute approximate surface area is 166 Å². The summed E-state index contributed by atoms with van der Waals surface area (Å²) in [7, 11) is 0. The van der Waals surface area contributed by atoms with Crippen molar-refractivity contribution in [3.05, 3.63) is 102 Å². The van der Waals surface area contributed by atoms with Crippen LogP contribution < -0.4 is 0 Å². The highest BCUT2D eigenvalue weighted by Crippen LogP contribution is 2.25. The van der Waals surface area contributed by atoms with E-state index in [1.165, 1.54) is 6.07 Å². The minimum Gasteiger partial charge on any atom is -0.301 e. The minimum atomic E-state index is -0.395. The number of aldehydes is 1. The molecular weight excluding hydrogens is 365 g/mol. The molecule has 4 nitrogen and oxygen atoms in total. The Morgan fingerprint density at radius 1 is 0.966 bits per heavy atom. The summed E-state index contributed by atoms with van der Waals surface area (Å²) in [6.07, 6.45) is 6.75. The van der Waals surface area contributed by atoms with E-state index in [0.717, 1.165) is 34.0 Å². The Balaban J connectivity index is 1.58.